The summed E-state index contributed by atoms with van der Waals surface area (Å²) in [7, 11) is 0. The van der Waals surface area contributed by atoms with E-state index in [1.165, 1.54) is 77.0 Å². The molecule has 0 heterocycles. The van der Waals surface area contributed by atoms with Crippen LogP contribution in [-0.2, 0) is 28.6 Å². The third-order valence-corrected chi connectivity index (χ3v) is 10.2. The van der Waals surface area contributed by atoms with E-state index < -0.39 is 6.10 Å². The molecule has 0 aliphatic rings. The summed E-state index contributed by atoms with van der Waals surface area (Å²) >= 11 is 0. The number of hydrogen-bond acceptors (Lipinski definition) is 6. The van der Waals surface area contributed by atoms with Crippen LogP contribution in [0.1, 0.15) is 226 Å². The first-order chi connectivity index (χ1) is 29.0. The lowest BCUT2D eigenvalue weighted by molar-refractivity contribution is -0.167. The lowest BCUT2D eigenvalue weighted by Gasteiger charge is -2.18. The van der Waals surface area contributed by atoms with Gasteiger partial charge in [0, 0.05) is 19.3 Å². The van der Waals surface area contributed by atoms with Gasteiger partial charge in [-0.2, -0.15) is 0 Å². The number of ether oxygens (including phenoxy) is 3. The van der Waals surface area contributed by atoms with Crippen molar-refractivity contribution < 1.29 is 28.6 Å². The molecule has 6 nitrogen and oxygen atoms in total. The summed E-state index contributed by atoms with van der Waals surface area (Å²) < 4.78 is 16.7. The van der Waals surface area contributed by atoms with E-state index in [1.807, 2.05) is 0 Å². The van der Waals surface area contributed by atoms with Gasteiger partial charge in [0.1, 0.15) is 13.2 Å². The van der Waals surface area contributed by atoms with Gasteiger partial charge in [0.15, 0.2) is 6.10 Å². The molecule has 0 saturated heterocycles. The predicted octanol–water partition coefficient (Wildman–Crippen LogP) is 15.9. The molecule has 0 N–H and O–H groups in total. The molecule has 0 amide bonds. The maximum absolute atomic E-state index is 12.7. The van der Waals surface area contributed by atoms with Crippen LogP contribution in [0.15, 0.2) is 72.9 Å². The second-order valence-corrected chi connectivity index (χ2v) is 16.0. The Hall–Kier alpha value is -3.15. The Kier molecular flexibility index (Phi) is 45.0. The Bertz CT molecular complexity index is 1130. The molecule has 0 spiro atoms. The zero-order chi connectivity index (χ0) is 43.0. The summed E-state index contributed by atoms with van der Waals surface area (Å²) in [6, 6.07) is 0. The quantitative estimate of drug-likeness (QED) is 0.0264. The van der Waals surface area contributed by atoms with Crippen molar-refractivity contribution in [3.05, 3.63) is 72.9 Å². The van der Waals surface area contributed by atoms with Crippen LogP contribution in [0.5, 0.6) is 0 Å². The summed E-state index contributed by atoms with van der Waals surface area (Å²) in [5.74, 6) is -0.915. The van der Waals surface area contributed by atoms with Crippen LogP contribution < -0.4 is 0 Å². The SMILES string of the molecule is CC/C=C\C/C=C\C/C=C\C/C=C\C/C=C\C/C=C\CCCCCCC(=O)OCC(COC(=O)CCCCCCCCCC)OC(=O)CCCCCCCCCCCC. The minimum Gasteiger partial charge on any atom is -0.462 e. The Labute approximate surface area is 363 Å². The highest BCUT2D eigenvalue weighted by Crippen LogP contribution is 2.14. The zero-order valence-electron chi connectivity index (χ0n) is 38.5. The zero-order valence-corrected chi connectivity index (χ0v) is 38.5. The maximum Gasteiger partial charge on any atom is 0.306 e. The topological polar surface area (TPSA) is 78.9 Å². The molecule has 0 aliphatic carbocycles. The first kappa shape index (κ1) is 55.9. The van der Waals surface area contributed by atoms with Gasteiger partial charge in [-0.1, -0.05) is 209 Å². The lowest BCUT2D eigenvalue weighted by Crippen LogP contribution is -2.30. The highest BCUT2D eigenvalue weighted by molar-refractivity contribution is 5.71. The third kappa shape index (κ3) is 45.8. The van der Waals surface area contributed by atoms with Gasteiger partial charge in [0.25, 0.3) is 0 Å². The van der Waals surface area contributed by atoms with Gasteiger partial charge in [-0.3, -0.25) is 14.4 Å². The molecule has 0 aromatic heterocycles. The fourth-order valence-electron chi connectivity index (χ4n) is 6.56. The van der Waals surface area contributed by atoms with Crippen molar-refractivity contribution in [1.82, 2.24) is 0 Å². The molecule has 1 unspecified atom stereocenters. The van der Waals surface area contributed by atoms with Crippen LogP contribution in [0, 0.1) is 0 Å². The van der Waals surface area contributed by atoms with E-state index in [0.717, 1.165) is 109 Å². The average molecular weight is 823 g/mol. The molecule has 0 aromatic rings. The Morgan fingerprint density at radius 1 is 0.356 bits per heavy atom. The fraction of sp³-hybridized carbons (Fsp3) is 0.717. The first-order valence-corrected chi connectivity index (χ1v) is 24.4. The third-order valence-electron chi connectivity index (χ3n) is 10.2. The minimum atomic E-state index is -0.779. The van der Waals surface area contributed by atoms with Crippen molar-refractivity contribution in [3.8, 4) is 0 Å². The highest BCUT2D eigenvalue weighted by Gasteiger charge is 2.19. The molecule has 59 heavy (non-hydrogen) atoms. The Balaban J connectivity index is 4.28. The van der Waals surface area contributed by atoms with Gasteiger partial charge in [-0.15, -0.1) is 0 Å². The van der Waals surface area contributed by atoms with Crippen LogP contribution >= 0.6 is 0 Å². The number of hydrogen-bond donors (Lipinski definition) is 0. The molecule has 1 atom stereocenters. The smallest absolute Gasteiger partial charge is 0.306 e. The van der Waals surface area contributed by atoms with Crippen molar-refractivity contribution >= 4 is 17.9 Å². The van der Waals surface area contributed by atoms with Crippen molar-refractivity contribution in [2.75, 3.05) is 13.2 Å². The van der Waals surface area contributed by atoms with Gasteiger partial charge >= 0.3 is 17.9 Å². The molecule has 0 rings (SSSR count). The second-order valence-electron chi connectivity index (χ2n) is 16.0. The summed E-state index contributed by atoms with van der Waals surface area (Å²) in [6.45, 7) is 6.45. The van der Waals surface area contributed by atoms with Gasteiger partial charge in [-0.25, -0.2) is 0 Å². The van der Waals surface area contributed by atoms with Gasteiger partial charge in [0.2, 0.25) is 0 Å². The van der Waals surface area contributed by atoms with E-state index >= 15 is 0 Å². The van der Waals surface area contributed by atoms with E-state index in [-0.39, 0.29) is 31.1 Å². The van der Waals surface area contributed by atoms with E-state index in [9.17, 15) is 14.4 Å². The Morgan fingerprint density at radius 2 is 0.661 bits per heavy atom. The number of unbranched alkanes of at least 4 members (excludes halogenated alkanes) is 20. The summed E-state index contributed by atoms with van der Waals surface area (Å²) in [5.41, 5.74) is 0. The largest absolute Gasteiger partial charge is 0.462 e. The number of esters is 3. The monoisotopic (exact) mass is 823 g/mol. The van der Waals surface area contributed by atoms with E-state index in [1.54, 1.807) is 0 Å². The molecular weight excluding hydrogens is 733 g/mol. The normalized spacial score (nSPS) is 12.7. The predicted molar refractivity (Wildman–Crippen MR) is 251 cm³/mol. The molecule has 0 radical (unpaired) electrons. The average Bonchev–Trinajstić information content (AvgIpc) is 3.23. The second kappa shape index (κ2) is 47.5. The van der Waals surface area contributed by atoms with Gasteiger partial charge < -0.3 is 14.2 Å². The molecule has 6 heteroatoms. The fourth-order valence-corrected chi connectivity index (χ4v) is 6.56. The standard InChI is InChI=1S/C53H90O6/c1-4-7-10-13-16-19-21-22-23-24-25-26-27-28-29-30-31-32-33-35-37-40-43-46-52(55)58-49-50(48-57-51(54)45-42-39-36-18-15-12-9-6-3)59-53(56)47-44-41-38-34-20-17-14-11-8-5-2/h7,10,16,19,22-23,25-26,28-29,31-32,50H,4-6,8-9,11-15,17-18,20-21,24,27,30,33-49H2,1-3H3/b10-7-,19-16-,23-22-,26-25-,29-28-,32-31-. The van der Waals surface area contributed by atoms with Crippen molar-refractivity contribution in [3.63, 3.8) is 0 Å². The van der Waals surface area contributed by atoms with Crippen LogP contribution in [0.4, 0.5) is 0 Å². The molecule has 0 aliphatic heterocycles. The van der Waals surface area contributed by atoms with Crippen molar-refractivity contribution in [2.45, 2.75) is 232 Å². The van der Waals surface area contributed by atoms with Crippen molar-refractivity contribution in [2.24, 2.45) is 0 Å². The molecule has 0 fully saturated rings. The molecule has 0 saturated carbocycles. The van der Waals surface area contributed by atoms with Crippen LogP contribution in [0.25, 0.3) is 0 Å². The van der Waals surface area contributed by atoms with Crippen LogP contribution in [-0.4, -0.2) is 37.2 Å². The van der Waals surface area contributed by atoms with Crippen molar-refractivity contribution in [1.29, 1.82) is 0 Å². The minimum absolute atomic E-state index is 0.0818. The van der Waals surface area contributed by atoms with E-state index in [0.29, 0.717) is 19.3 Å². The highest BCUT2D eigenvalue weighted by atomic mass is 16.6. The maximum atomic E-state index is 12.7. The molecule has 338 valence electrons. The molecule has 0 aromatic carbocycles. The van der Waals surface area contributed by atoms with Crippen LogP contribution in [0.3, 0.4) is 0 Å². The van der Waals surface area contributed by atoms with E-state index in [4.69, 9.17) is 14.2 Å². The number of rotatable bonds is 43. The number of allylic oxidation sites excluding steroid dienone is 12. The summed E-state index contributed by atoms with van der Waals surface area (Å²) in [4.78, 5) is 37.7. The van der Waals surface area contributed by atoms with Crippen LogP contribution in [0.2, 0.25) is 0 Å². The number of carbonyl (C=O) groups excluding carboxylic acids is 3. The summed E-state index contributed by atoms with van der Waals surface area (Å²) in [5, 5.41) is 0. The van der Waals surface area contributed by atoms with Gasteiger partial charge in [-0.05, 0) is 70.6 Å². The summed E-state index contributed by atoms with van der Waals surface area (Å²) in [6.07, 6.45) is 59.0. The number of carbonyl (C=O) groups is 3. The molecular formula is C53H90O6. The lowest BCUT2D eigenvalue weighted by atomic mass is 10.1. The van der Waals surface area contributed by atoms with Gasteiger partial charge in [0.05, 0.1) is 0 Å². The first-order valence-electron chi connectivity index (χ1n) is 24.4. The molecule has 0 bridgehead atoms. The van der Waals surface area contributed by atoms with E-state index in [2.05, 4.69) is 93.7 Å². The Morgan fingerprint density at radius 3 is 1.03 bits per heavy atom.